The van der Waals surface area contributed by atoms with Gasteiger partial charge in [-0.25, -0.2) is 4.39 Å². The topological polar surface area (TPSA) is 55.1 Å². The number of halogens is 1. The predicted molar refractivity (Wildman–Crippen MR) is 93.9 cm³/mol. The lowest BCUT2D eigenvalue weighted by Gasteiger charge is -2.28. The molecule has 0 saturated heterocycles. The van der Waals surface area contributed by atoms with Gasteiger partial charge in [0, 0.05) is 11.6 Å². The number of benzene rings is 2. The second-order valence-electron chi connectivity index (χ2n) is 6.61. The molecule has 0 radical (unpaired) electrons. The summed E-state index contributed by atoms with van der Waals surface area (Å²) < 4.78 is 13.8. The average Bonchev–Trinajstić information content (AvgIpc) is 2.56. The Morgan fingerprint density at radius 1 is 1.33 bits per heavy atom. The molecule has 0 aliphatic heterocycles. The first-order valence-corrected chi connectivity index (χ1v) is 8.46. The highest BCUT2D eigenvalue weighted by molar-refractivity contribution is 5.79. The number of amides is 1. The van der Waals surface area contributed by atoms with Gasteiger partial charge in [-0.15, -0.1) is 0 Å². The summed E-state index contributed by atoms with van der Waals surface area (Å²) >= 11 is 0. The maximum absolute atomic E-state index is 13.8. The van der Waals surface area contributed by atoms with E-state index in [9.17, 15) is 9.18 Å². The Kier molecular flexibility index (Phi) is 4.84. The van der Waals surface area contributed by atoms with E-state index in [4.69, 9.17) is 5.73 Å². The van der Waals surface area contributed by atoms with Crippen molar-refractivity contribution in [1.82, 2.24) is 5.32 Å². The smallest absolute Gasteiger partial charge is 0.223 e. The lowest BCUT2D eigenvalue weighted by atomic mass is 9.87. The van der Waals surface area contributed by atoms with Crippen LogP contribution in [0.4, 0.5) is 10.1 Å². The number of nitrogens with one attached hydrogen (secondary N) is 1. The fourth-order valence-corrected chi connectivity index (χ4v) is 3.38. The minimum Gasteiger partial charge on any atom is -0.399 e. The van der Waals surface area contributed by atoms with Crippen LogP contribution in [0.2, 0.25) is 0 Å². The number of nitrogens with two attached hydrogens (primary N) is 1. The number of anilines is 1. The number of hydrogen-bond donors (Lipinski definition) is 2. The van der Waals surface area contributed by atoms with E-state index in [0.717, 1.165) is 30.5 Å². The van der Waals surface area contributed by atoms with E-state index >= 15 is 0 Å². The van der Waals surface area contributed by atoms with E-state index in [-0.39, 0.29) is 23.7 Å². The van der Waals surface area contributed by atoms with Gasteiger partial charge in [0.15, 0.2) is 0 Å². The Hall–Kier alpha value is -2.36. The predicted octanol–water partition coefficient (Wildman–Crippen LogP) is 3.78. The minimum absolute atomic E-state index is 0.0184. The normalized spacial score (nSPS) is 17.8. The minimum atomic E-state index is -0.277. The monoisotopic (exact) mass is 326 g/mol. The van der Waals surface area contributed by atoms with Gasteiger partial charge in [0.1, 0.15) is 5.82 Å². The third kappa shape index (κ3) is 3.58. The largest absolute Gasteiger partial charge is 0.399 e. The van der Waals surface area contributed by atoms with Crippen molar-refractivity contribution >= 4 is 11.6 Å². The molecule has 126 valence electrons. The number of carbonyl (C=O) groups excluding carboxylic acids is 1. The summed E-state index contributed by atoms with van der Waals surface area (Å²) in [5.41, 5.74) is 9.56. The van der Waals surface area contributed by atoms with Crippen LogP contribution in [0.1, 0.15) is 42.5 Å². The van der Waals surface area contributed by atoms with Crippen LogP contribution >= 0.6 is 0 Å². The number of rotatable bonds is 4. The van der Waals surface area contributed by atoms with Gasteiger partial charge in [-0.05, 0) is 60.6 Å². The van der Waals surface area contributed by atoms with Crippen LogP contribution in [0.15, 0.2) is 42.5 Å². The zero-order chi connectivity index (χ0) is 17.1. The molecule has 3 rings (SSSR count). The van der Waals surface area contributed by atoms with Gasteiger partial charge in [0.2, 0.25) is 5.91 Å². The van der Waals surface area contributed by atoms with E-state index in [2.05, 4.69) is 5.32 Å². The van der Waals surface area contributed by atoms with E-state index in [1.54, 1.807) is 18.2 Å². The van der Waals surface area contributed by atoms with Crippen LogP contribution in [-0.2, 0) is 17.6 Å². The number of nitrogen functional groups attached to an aromatic ring is 1. The van der Waals surface area contributed by atoms with Gasteiger partial charge in [-0.1, -0.05) is 31.2 Å². The fourth-order valence-electron chi connectivity index (χ4n) is 3.38. The summed E-state index contributed by atoms with van der Waals surface area (Å²) in [6.45, 7) is 1.84. The van der Waals surface area contributed by atoms with E-state index in [1.165, 1.54) is 11.6 Å². The molecule has 2 aromatic carbocycles. The number of fused-ring (bicyclic) bond motifs is 1. The molecule has 1 aliphatic carbocycles. The van der Waals surface area contributed by atoms with Crippen molar-refractivity contribution in [3.8, 4) is 0 Å². The quantitative estimate of drug-likeness (QED) is 0.840. The molecule has 0 saturated carbocycles. The van der Waals surface area contributed by atoms with Crippen molar-refractivity contribution < 1.29 is 9.18 Å². The SMILES string of the molecule is CC(Cc1ccccc1F)C(=O)NC1CCCc2cc(N)ccc21. The molecule has 3 N–H and O–H groups in total. The highest BCUT2D eigenvalue weighted by Gasteiger charge is 2.24. The maximum atomic E-state index is 13.8. The molecule has 2 unspecified atom stereocenters. The van der Waals surface area contributed by atoms with Crippen LogP contribution in [0.25, 0.3) is 0 Å². The van der Waals surface area contributed by atoms with Gasteiger partial charge >= 0.3 is 0 Å². The lowest BCUT2D eigenvalue weighted by Crippen LogP contribution is -2.35. The molecule has 0 fully saturated rings. The van der Waals surface area contributed by atoms with Crippen molar-refractivity contribution in [2.24, 2.45) is 5.92 Å². The molecule has 0 heterocycles. The highest BCUT2D eigenvalue weighted by Crippen LogP contribution is 2.31. The van der Waals surface area contributed by atoms with Crippen LogP contribution in [0, 0.1) is 11.7 Å². The van der Waals surface area contributed by atoms with Crippen molar-refractivity contribution in [3.05, 3.63) is 65.0 Å². The zero-order valence-corrected chi connectivity index (χ0v) is 13.9. The van der Waals surface area contributed by atoms with Crippen molar-refractivity contribution in [1.29, 1.82) is 0 Å². The number of hydrogen-bond acceptors (Lipinski definition) is 2. The highest BCUT2D eigenvalue weighted by atomic mass is 19.1. The second kappa shape index (κ2) is 7.04. The number of carbonyl (C=O) groups is 1. The first-order valence-electron chi connectivity index (χ1n) is 8.46. The van der Waals surface area contributed by atoms with Gasteiger partial charge in [0.05, 0.1) is 6.04 Å². The Bertz CT molecular complexity index is 744. The molecular formula is C20H23FN2O. The zero-order valence-electron chi connectivity index (χ0n) is 13.9. The molecule has 4 heteroatoms. The summed E-state index contributed by atoms with van der Waals surface area (Å²) in [4.78, 5) is 12.5. The van der Waals surface area contributed by atoms with Gasteiger partial charge in [0.25, 0.3) is 0 Å². The Morgan fingerprint density at radius 3 is 2.92 bits per heavy atom. The summed E-state index contributed by atoms with van der Waals surface area (Å²) in [5.74, 6) is -0.565. The van der Waals surface area contributed by atoms with Gasteiger partial charge in [-0.2, -0.15) is 0 Å². The first-order chi connectivity index (χ1) is 11.5. The third-order valence-corrected chi connectivity index (χ3v) is 4.73. The molecule has 2 aromatic rings. The Balaban J connectivity index is 1.68. The van der Waals surface area contributed by atoms with E-state index < -0.39 is 0 Å². The van der Waals surface area contributed by atoms with Gasteiger partial charge < -0.3 is 11.1 Å². The second-order valence-corrected chi connectivity index (χ2v) is 6.61. The fraction of sp³-hybridized carbons (Fsp3) is 0.350. The molecule has 0 aromatic heterocycles. The van der Waals surface area contributed by atoms with Crippen molar-refractivity contribution in [2.45, 2.75) is 38.6 Å². The molecule has 24 heavy (non-hydrogen) atoms. The van der Waals surface area contributed by atoms with Crippen molar-refractivity contribution in [2.75, 3.05) is 5.73 Å². The van der Waals surface area contributed by atoms with Crippen LogP contribution < -0.4 is 11.1 Å². The average molecular weight is 326 g/mol. The van der Waals surface area contributed by atoms with Crippen LogP contribution in [-0.4, -0.2) is 5.91 Å². The van der Waals surface area contributed by atoms with E-state index in [1.807, 2.05) is 25.1 Å². The van der Waals surface area contributed by atoms with E-state index in [0.29, 0.717) is 12.0 Å². The van der Waals surface area contributed by atoms with Crippen LogP contribution in [0.3, 0.4) is 0 Å². The third-order valence-electron chi connectivity index (χ3n) is 4.73. The molecule has 2 atom stereocenters. The van der Waals surface area contributed by atoms with Gasteiger partial charge in [-0.3, -0.25) is 4.79 Å². The molecular weight excluding hydrogens is 303 g/mol. The summed E-state index contributed by atoms with van der Waals surface area (Å²) in [5, 5.41) is 3.13. The maximum Gasteiger partial charge on any atom is 0.223 e. The molecule has 1 aliphatic rings. The summed E-state index contributed by atoms with van der Waals surface area (Å²) in [6.07, 6.45) is 3.36. The summed E-state index contributed by atoms with van der Waals surface area (Å²) in [6, 6.07) is 12.5. The molecule has 0 bridgehead atoms. The molecule has 1 amide bonds. The summed E-state index contributed by atoms with van der Waals surface area (Å²) in [7, 11) is 0. The van der Waals surface area contributed by atoms with Crippen LogP contribution in [0.5, 0.6) is 0 Å². The standard InChI is InChI=1S/C20H23FN2O/c1-13(11-15-5-2-3-7-18(15)21)20(24)23-19-8-4-6-14-12-16(22)9-10-17(14)19/h2-3,5,7,9-10,12-13,19H,4,6,8,11,22H2,1H3,(H,23,24). The molecule has 3 nitrogen and oxygen atoms in total. The van der Waals surface area contributed by atoms with Crippen molar-refractivity contribution in [3.63, 3.8) is 0 Å². The Labute approximate surface area is 142 Å². The Morgan fingerprint density at radius 2 is 2.12 bits per heavy atom. The first kappa shape index (κ1) is 16.5. The number of aryl methyl sites for hydroxylation is 1. The molecule has 0 spiro atoms. The lowest BCUT2D eigenvalue weighted by molar-refractivity contribution is -0.125.